The molecule has 3 heterocycles. The lowest BCUT2D eigenvalue weighted by Gasteiger charge is -2.06. The van der Waals surface area contributed by atoms with Gasteiger partial charge in [0, 0.05) is 35.0 Å². The van der Waals surface area contributed by atoms with Crippen molar-refractivity contribution >= 4 is 86.6 Å². The fraction of sp³-hybridized carbons (Fsp3) is 0.286. The summed E-state index contributed by atoms with van der Waals surface area (Å²) in [6.07, 6.45) is 2.13. The molecule has 11 heteroatoms. The first-order valence-electron chi connectivity index (χ1n) is 6.79. The van der Waals surface area contributed by atoms with Crippen molar-refractivity contribution in [3.63, 3.8) is 0 Å². The number of fused-ring (bicyclic) bond motifs is 1. The summed E-state index contributed by atoms with van der Waals surface area (Å²) in [6.45, 7) is -0.00410. The summed E-state index contributed by atoms with van der Waals surface area (Å²) in [4.78, 5) is 9.34. The van der Waals surface area contributed by atoms with E-state index in [9.17, 15) is 4.39 Å². The lowest BCUT2D eigenvalue weighted by Crippen LogP contribution is -2.24. The van der Waals surface area contributed by atoms with Crippen LogP contribution in [-0.2, 0) is 13.0 Å². The molecule has 0 aliphatic rings. The normalized spacial score (nSPS) is 11.7. The number of thiazole rings is 1. The molecule has 4 nitrogen and oxygen atoms in total. The molecule has 0 amide bonds. The Balaban J connectivity index is 0.00000156. The first-order valence-corrected chi connectivity index (χ1v) is 9.25. The van der Waals surface area contributed by atoms with Crippen molar-refractivity contribution in [1.29, 1.82) is 0 Å². The van der Waals surface area contributed by atoms with Crippen molar-refractivity contribution < 1.29 is 4.39 Å². The Morgan fingerprint density at radius 3 is 2.72 bits per heavy atom. The summed E-state index contributed by atoms with van der Waals surface area (Å²) in [5.74, 6) is 0. The molecule has 1 atom stereocenters. The highest BCUT2D eigenvalue weighted by Gasteiger charge is 2.18. The van der Waals surface area contributed by atoms with Gasteiger partial charge in [-0.25, -0.2) is 14.4 Å². The number of anilines is 1. The van der Waals surface area contributed by atoms with Crippen LogP contribution in [0.3, 0.4) is 0 Å². The van der Waals surface area contributed by atoms with Gasteiger partial charge in [0.1, 0.15) is 22.4 Å². The standard InChI is InChI=1S/C14H13Cl2FN4S2.2ClH/c15-10-4-8(20-6-11-19-1-2-22-11)14-13(21-10)12(16)9(23-14)3-7(18)5-17;;/h1-2,4,7H,3,5-6,18H2,(H,20,21);2*1H/t7-;;/m1../s1. The van der Waals surface area contributed by atoms with Gasteiger partial charge >= 0.3 is 0 Å². The van der Waals surface area contributed by atoms with Gasteiger partial charge in [-0.3, -0.25) is 0 Å². The number of alkyl halides is 1. The fourth-order valence-corrected chi connectivity index (χ4v) is 4.47. The van der Waals surface area contributed by atoms with Gasteiger partial charge in [-0.05, 0) is 0 Å². The average molecular weight is 464 g/mol. The molecule has 3 rings (SSSR count). The second-order valence-electron chi connectivity index (χ2n) is 4.91. The van der Waals surface area contributed by atoms with E-state index in [1.54, 1.807) is 23.6 Å². The lowest BCUT2D eigenvalue weighted by molar-refractivity contribution is 0.428. The van der Waals surface area contributed by atoms with Crippen LogP contribution in [0, 0.1) is 0 Å². The van der Waals surface area contributed by atoms with Crippen LogP contribution in [-0.4, -0.2) is 22.7 Å². The van der Waals surface area contributed by atoms with Gasteiger partial charge in [-0.1, -0.05) is 23.2 Å². The molecule has 0 fully saturated rings. The van der Waals surface area contributed by atoms with E-state index in [1.807, 2.05) is 5.38 Å². The second kappa shape index (κ2) is 10.1. The van der Waals surface area contributed by atoms with E-state index in [0.717, 1.165) is 20.3 Å². The van der Waals surface area contributed by atoms with Crippen LogP contribution in [0.25, 0.3) is 10.2 Å². The van der Waals surface area contributed by atoms with Gasteiger partial charge in [0.15, 0.2) is 0 Å². The predicted octanol–water partition coefficient (Wildman–Crippen LogP) is 5.35. The minimum absolute atomic E-state index is 0. The Bertz CT molecular complexity index is 813. The van der Waals surface area contributed by atoms with E-state index in [4.69, 9.17) is 28.9 Å². The van der Waals surface area contributed by atoms with E-state index < -0.39 is 12.7 Å². The van der Waals surface area contributed by atoms with Gasteiger partial charge in [0.25, 0.3) is 0 Å². The first-order chi connectivity index (χ1) is 11.1. The molecule has 0 bridgehead atoms. The summed E-state index contributed by atoms with van der Waals surface area (Å²) in [6, 6.07) is 1.19. The Morgan fingerprint density at radius 2 is 2.08 bits per heavy atom. The number of hydrogen-bond acceptors (Lipinski definition) is 6. The largest absolute Gasteiger partial charge is 0.377 e. The minimum atomic E-state index is -0.589. The molecule has 0 spiro atoms. The number of nitrogens with two attached hydrogens (primary N) is 1. The highest BCUT2D eigenvalue weighted by Crippen LogP contribution is 2.40. The Morgan fingerprint density at radius 1 is 1.32 bits per heavy atom. The molecule has 0 unspecified atom stereocenters. The summed E-state index contributed by atoms with van der Waals surface area (Å²) in [7, 11) is 0. The van der Waals surface area contributed by atoms with Gasteiger partial charge in [-0.15, -0.1) is 47.5 Å². The predicted molar refractivity (Wildman–Crippen MR) is 111 cm³/mol. The Labute approximate surface area is 174 Å². The zero-order valence-electron chi connectivity index (χ0n) is 12.7. The van der Waals surface area contributed by atoms with Crippen molar-refractivity contribution in [2.75, 3.05) is 12.0 Å². The van der Waals surface area contributed by atoms with E-state index in [2.05, 4.69) is 15.3 Å². The molecule has 0 aliphatic carbocycles. The fourth-order valence-electron chi connectivity index (χ4n) is 2.12. The van der Waals surface area contributed by atoms with Crippen molar-refractivity contribution in [3.8, 4) is 0 Å². The van der Waals surface area contributed by atoms with Crippen LogP contribution in [0.5, 0.6) is 0 Å². The number of thiophene rings is 1. The molecule has 25 heavy (non-hydrogen) atoms. The molecule has 138 valence electrons. The maximum absolute atomic E-state index is 12.7. The Hall–Kier alpha value is -0.410. The number of nitrogens with one attached hydrogen (secondary N) is 1. The molecule has 0 aromatic carbocycles. The van der Waals surface area contributed by atoms with Crippen LogP contribution in [0.4, 0.5) is 10.1 Å². The number of aromatic nitrogens is 2. The second-order valence-corrected chi connectivity index (χ2v) is 7.76. The van der Waals surface area contributed by atoms with E-state index in [-0.39, 0.29) is 24.8 Å². The first kappa shape index (κ1) is 22.6. The SMILES string of the molecule is Cl.Cl.N[C@@H](CF)Cc1sc2c(NCc3nccs3)cc(Cl)nc2c1Cl. The maximum Gasteiger partial charge on any atom is 0.131 e. The third kappa shape index (κ3) is 5.29. The van der Waals surface area contributed by atoms with E-state index in [1.165, 1.54) is 11.3 Å². The van der Waals surface area contributed by atoms with Crippen molar-refractivity contribution in [2.45, 2.75) is 19.0 Å². The number of hydrogen-bond donors (Lipinski definition) is 2. The highest BCUT2D eigenvalue weighted by atomic mass is 35.5. The number of rotatable bonds is 6. The average Bonchev–Trinajstić information content (AvgIpc) is 3.15. The molecule has 0 saturated carbocycles. The van der Waals surface area contributed by atoms with Crippen LogP contribution >= 0.6 is 70.7 Å². The number of pyridine rings is 1. The molecule has 0 aliphatic heterocycles. The summed E-state index contributed by atoms with van der Waals surface area (Å²) >= 11 is 15.5. The zero-order valence-corrected chi connectivity index (χ0v) is 17.4. The van der Waals surface area contributed by atoms with Crippen molar-refractivity contribution in [2.24, 2.45) is 5.73 Å². The molecular weight excluding hydrogens is 449 g/mol. The van der Waals surface area contributed by atoms with E-state index in [0.29, 0.717) is 28.7 Å². The Kier molecular flexibility index (Phi) is 9.11. The van der Waals surface area contributed by atoms with Crippen LogP contribution in [0.1, 0.15) is 9.88 Å². The highest BCUT2D eigenvalue weighted by molar-refractivity contribution is 7.20. The summed E-state index contributed by atoms with van der Waals surface area (Å²) in [5, 5.41) is 7.04. The quantitative estimate of drug-likeness (QED) is 0.483. The van der Waals surface area contributed by atoms with Crippen molar-refractivity contribution in [1.82, 2.24) is 9.97 Å². The lowest BCUT2D eigenvalue weighted by atomic mass is 10.2. The molecule has 3 aromatic rings. The summed E-state index contributed by atoms with van der Waals surface area (Å²) in [5.41, 5.74) is 7.14. The molecular formula is C14H15Cl4FN4S2. The smallest absolute Gasteiger partial charge is 0.131 e. The molecule has 0 radical (unpaired) electrons. The molecule has 3 N–H and O–H groups in total. The molecule has 3 aromatic heterocycles. The zero-order chi connectivity index (χ0) is 16.4. The monoisotopic (exact) mass is 462 g/mol. The summed E-state index contributed by atoms with van der Waals surface area (Å²) < 4.78 is 13.5. The van der Waals surface area contributed by atoms with Gasteiger partial charge < -0.3 is 11.1 Å². The number of nitrogens with zero attached hydrogens (tertiary/aromatic N) is 2. The maximum atomic E-state index is 12.7. The van der Waals surface area contributed by atoms with Crippen LogP contribution in [0.2, 0.25) is 10.2 Å². The number of halogens is 5. The van der Waals surface area contributed by atoms with Crippen molar-refractivity contribution in [3.05, 3.63) is 37.7 Å². The third-order valence-corrected chi connectivity index (χ3v) is 5.91. The van der Waals surface area contributed by atoms with Crippen LogP contribution < -0.4 is 11.1 Å². The topological polar surface area (TPSA) is 63.8 Å². The van der Waals surface area contributed by atoms with Crippen LogP contribution in [0.15, 0.2) is 17.6 Å². The van der Waals surface area contributed by atoms with Gasteiger partial charge in [0.05, 0.1) is 22.0 Å². The van der Waals surface area contributed by atoms with E-state index >= 15 is 0 Å². The van der Waals surface area contributed by atoms with Gasteiger partial charge in [0.2, 0.25) is 0 Å². The minimum Gasteiger partial charge on any atom is -0.377 e. The van der Waals surface area contributed by atoms with Gasteiger partial charge in [-0.2, -0.15) is 0 Å². The molecule has 0 saturated heterocycles. The third-order valence-electron chi connectivity index (χ3n) is 3.18.